The second-order valence-electron chi connectivity index (χ2n) is 13.4. The maximum Gasteiger partial charge on any atom is 0.403 e. The predicted octanol–water partition coefficient (Wildman–Crippen LogP) is 4.60. The van der Waals surface area contributed by atoms with Crippen LogP contribution in [0.15, 0.2) is 15.8 Å². The molecular formula is C26H45Br2FN3O9PSi. The first-order chi connectivity index (χ1) is 19.6. The molecule has 2 unspecified atom stereocenters. The van der Waals surface area contributed by atoms with Gasteiger partial charge in [0.1, 0.15) is 6.23 Å². The zero-order chi connectivity index (χ0) is 32.6. The van der Waals surface area contributed by atoms with E-state index in [-0.39, 0.29) is 37.1 Å². The van der Waals surface area contributed by atoms with E-state index >= 15 is 0 Å². The molecule has 0 aromatic carbocycles. The molecule has 0 amide bonds. The molecule has 0 radical (unpaired) electrons. The van der Waals surface area contributed by atoms with E-state index < -0.39 is 61.7 Å². The lowest BCUT2D eigenvalue weighted by Crippen LogP contribution is -2.48. The highest BCUT2D eigenvalue weighted by Gasteiger charge is 2.48. The SMILES string of the molecule is CC1(C)OCC(CCC(Br)(C[C@H]2O[C@@H](n3cc(F)c(=O)[nH]c3=O)C[C@@H]2O[Si](C)(C)C(C)(C)C)CN(CCBr)P(=O)(O)O)O1. The number of rotatable bonds is 13. The lowest BCUT2D eigenvalue weighted by Gasteiger charge is -2.41. The molecule has 0 saturated carbocycles. The van der Waals surface area contributed by atoms with Crippen molar-refractivity contribution in [3.05, 3.63) is 32.9 Å². The Balaban J connectivity index is 1.97. The number of ether oxygens (including phenoxy) is 3. The van der Waals surface area contributed by atoms with Crippen molar-refractivity contribution in [1.29, 1.82) is 0 Å². The number of hydrogen-bond donors (Lipinski definition) is 3. The first kappa shape index (κ1) is 37.2. The number of hydrogen-bond acceptors (Lipinski definition) is 7. The maximum absolute atomic E-state index is 14.2. The van der Waals surface area contributed by atoms with Crippen LogP contribution in [0.5, 0.6) is 0 Å². The molecule has 3 N–H and O–H groups in total. The minimum absolute atomic E-state index is 0.0234. The highest BCUT2D eigenvalue weighted by atomic mass is 79.9. The number of H-pyrrole nitrogens is 1. The number of aromatic nitrogens is 2. The van der Waals surface area contributed by atoms with Gasteiger partial charge in [0.2, 0.25) is 5.82 Å². The molecule has 3 rings (SSSR count). The normalized spacial score (nSPS) is 26.3. The Labute approximate surface area is 269 Å². The van der Waals surface area contributed by atoms with Crippen molar-refractivity contribution in [2.24, 2.45) is 0 Å². The molecule has 2 saturated heterocycles. The van der Waals surface area contributed by atoms with Crippen LogP contribution >= 0.6 is 39.6 Å². The summed E-state index contributed by atoms with van der Waals surface area (Å²) in [5, 5.41) is 0.191. The molecule has 1 aromatic heterocycles. The van der Waals surface area contributed by atoms with Crippen LogP contribution in [0.3, 0.4) is 0 Å². The summed E-state index contributed by atoms with van der Waals surface area (Å²) < 4.78 is 52.8. The van der Waals surface area contributed by atoms with E-state index in [2.05, 4.69) is 65.7 Å². The fourth-order valence-electron chi connectivity index (χ4n) is 5.07. The van der Waals surface area contributed by atoms with E-state index in [0.717, 1.165) is 15.4 Å². The van der Waals surface area contributed by atoms with Crippen LogP contribution in [0.2, 0.25) is 18.1 Å². The van der Waals surface area contributed by atoms with Crippen LogP contribution in [0.1, 0.15) is 66.5 Å². The van der Waals surface area contributed by atoms with Gasteiger partial charge in [0.25, 0.3) is 5.56 Å². The van der Waals surface area contributed by atoms with Crippen molar-refractivity contribution < 1.29 is 37.4 Å². The topological polar surface area (TPSA) is 153 Å². The van der Waals surface area contributed by atoms with Crippen LogP contribution in [-0.2, 0) is 23.2 Å². The largest absolute Gasteiger partial charge is 0.411 e. The third-order valence-electron chi connectivity index (χ3n) is 8.39. The molecule has 12 nitrogen and oxygen atoms in total. The summed E-state index contributed by atoms with van der Waals surface area (Å²) in [6.07, 6.45) is -0.0257. The fourth-order valence-corrected chi connectivity index (χ4v) is 8.99. The fraction of sp³-hybridized carbons (Fsp3) is 0.846. The van der Waals surface area contributed by atoms with Gasteiger partial charge >= 0.3 is 13.4 Å². The van der Waals surface area contributed by atoms with Crippen molar-refractivity contribution in [1.82, 2.24) is 14.2 Å². The summed E-state index contributed by atoms with van der Waals surface area (Å²) in [7, 11) is -6.99. The zero-order valence-electron chi connectivity index (χ0n) is 25.8. The molecule has 1 aromatic rings. The Morgan fingerprint density at radius 3 is 2.49 bits per heavy atom. The number of nitrogens with one attached hydrogen (secondary N) is 1. The Hall–Kier alpha value is -0.263. The molecule has 0 spiro atoms. The van der Waals surface area contributed by atoms with E-state index in [4.69, 9.17) is 18.6 Å². The molecule has 2 fully saturated rings. The van der Waals surface area contributed by atoms with Crippen LogP contribution in [-0.4, -0.2) is 85.8 Å². The smallest absolute Gasteiger partial charge is 0.403 e. The predicted molar refractivity (Wildman–Crippen MR) is 170 cm³/mol. The maximum atomic E-state index is 14.2. The Bertz CT molecular complexity index is 1290. The van der Waals surface area contributed by atoms with Gasteiger partial charge in [-0.1, -0.05) is 52.6 Å². The van der Waals surface area contributed by atoms with E-state index in [1.807, 2.05) is 18.8 Å². The molecule has 0 aliphatic carbocycles. The minimum Gasteiger partial charge on any atom is -0.411 e. The standard InChI is InChI=1S/C26H45Br2FN3O9PSi/c1-24(2,3)43(6,7)41-19-12-21(32-14-18(29)22(33)30-23(32)34)39-20(19)13-26(28,16-31(11-10-27)42(35,36)37)9-8-17-15-38-25(4,5)40-17/h14,17,19-21H,8-13,15-16H2,1-7H3,(H,30,33,34)(H2,35,36,37)/t17?,19-,20+,21+,26?/m0/s1. The summed E-state index contributed by atoms with van der Waals surface area (Å²) in [6, 6.07) is 0. The quantitative estimate of drug-likeness (QED) is 0.147. The van der Waals surface area contributed by atoms with Gasteiger partial charge in [-0.2, -0.15) is 4.39 Å². The minimum atomic E-state index is -4.62. The second-order valence-corrected chi connectivity index (χ2v) is 22.2. The van der Waals surface area contributed by atoms with Crippen molar-refractivity contribution in [2.75, 3.05) is 25.0 Å². The highest BCUT2D eigenvalue weighted by Crippen LogP contribution is 2.47. The molecule has 2 aliphatic heterocycles. The second kappa shape index (κ2) is 13.8. The average Bonchev–Trinajstić information content (AvgIpc) is 3.40. The monoisotopic (exact) mass is 779 g/mol. The van der Waals surface area contributed by atoms with Gasteiger partial charge in [0.05, 0.1) is 31.1 Å². The van der Waals surface area contributed by atoms with E-state index in [0.29, 0.717) is 24.8 Å². The van der Waals surface area contributed by atoms with E-state index in [1.165, 1.54) is 0 Å². The van der Waals surface area contributed by atoms with Gasteiger partial charge in [-0.3, -0.25) is 14.3 Å². The molecule has 3 heterocycles. The molecule has 5 atom stereocenters. The van der Waals surface area contributed by atoms with Gasteiger partial charge < -0.3 is 28.4 Å². The summed E-state index contributed by atoms with van der Waals surface area (Å²) in [6.45, 7) is 14.6. The Morgan fingerprint density at radius 1 is 1.30 bits per heavy atom. The van der Waals surface area contributed by atoms with E-state index in [9.17, 15) is 28.3 Å². The van der Waals surface area contributed by atoms with Gasteiger partial charge in [0.15, 0.2) is 14.1 Å². The third kappa shape index (κ3) is 9.86. The van der Waals surface area contributed by atoms with Crippen LogP contribution in [0.4, 0.5) is 4.39 Å². The molecule has 17 heteroatoms. The van der Waals surface area contributed by atoms with Crippen molar-refractivity contribution >= 4 is 47.9 Å². The molecule has 2 aliphatic rings. The van der Waals surface area contributed by atoms with Crippen molar-refractivity contribution in [3.8, 4) is 0 Å². The first-order valence-corrected chi connectivity index (χ1v) is 20.7. The summed E-state index contributed by atoms with van der Waals surface area (Å²) in [5.74, 6) is -1.84. The zero-order valence-corrected chi connectivity index (χ0v) is 30.8. The summed E-state index contributed by atoms with van der Waals surface area (Å²) >= 11 is 7.15. The van der Waals surface area contributed by atoms with Crippen LogP contribution in [0.25, 0.3) is 0 Å². The third-order valence-corrected chi connectivity index (χ3v) is 15.3. The molecule has 0 bridgehead atoms. The van der Waals surface area contributed by atoms with Gasteiger partial charge in [-0.15, -0.1) is 0 Å². The number of halogens is 3. The lowest BCUT2D eigenvalue weighted by molar-refractivity contribution is -0.139. The molecule has 248 valence electrons. The molecule has 43 heavy (non-hydrogen) atoms. The van der Waals surface area contributed by atoms with Crippen molar-refractivity contribution in [3.63, 3.8) is 0 Å². The van der Waals surface area contributed by atoms with Gasteiger partial charge in [0, 0.05) is 29.2 Å². The number of nitrogens with zero attached hydrogens (tertiary/aromatic N) is 2. The number of alkyl halides is 2. The first-order valence-electron chi connectivity index (χ1n) is 14.3. The van der Waals surface area contributed by atoms with Gasteiger partial charge in [-0.05, 0) is 51.2 Å². The Morgan fingerprint density at radius 2 is 1.95 bits per heavy atom. The molecular weight excluding hydrogens is 736 g/mol. The van der Waals surface area contributed by atoms with Gasteiger partial charge in [-0.25, -0.2) is 14.0 Å². The van der Waals surface area contributed by atoms with E-state index in [1.54, 1.807) is 0 Å². The average molecular weight is 782 g/mol. The van der Waals surface area contributed by atoms with Crippen LogP contribution in [0, 0.1) is 5.82 Å². The summed E-state index contributed by atoms with van der Waals surface area (Å²) in [5.41, 5.74) is -1.92. The lowest BCUT2D eigenvalue weighted by atomic mass is 9.92. The van der Waals surface area contributed by atoms with Crippen LogP contribution < -0.4 is 11.2 Å². The number of aromatic amines is 1. The highest BCUT2D eigenvalue weighted by molar-refractivity contribution is 9.10. The Kier molecular flexibility index (Phi) is 12.0. The van der Waals surface area contributed by atoms with Crippen molar-refractivity contribution in [2.45, 2.75) is 113 Å². The summed E-state index contributed by atoms with van der Waals surface area (Å²) in [4.78, 5) is 46.6.